The number of hydrogen-bond donors (Lipinski definition) is 6. The molecular weight excluding hydrogens is 572 g/mol. The van der Waals surface area contributed by atoms with Crippen molar-refractivity contribution in [1.82, 2.24) is 10.6 Å². The monoisotopic (exact) mass is 645 g/mol. The number of amides is 2. The van der Waals surface area contributed by atoms with Crippen LogP contribution in [0.5, 0.6) is 0 Å². The largest absolute Gasteiger partial charge is 0.353 e. The first-order chi connectivity index (χ1) is 22.3. The van der Waals surface area contributed by atoms with Crippen LogP contribution in [0.4, 0.5) is 0 Å². The highest BCUT2D eigenvalue weighted by atomic mass is 16.2. The van der Waals surface area contributed by atoms with Crippen LogP contribution in [0.2, 0.25) is 0 Å². The molecule has 8 heteroatoms. The number of hydrogen-bond acceptors (Lipinski definition) is 6. The van der Waals surface area contributed by atoms with Gasteiger partial charge in [0.1, 0.15) is 0 Å². The fourth-order valence-electron chi connectivity index (χ4n) is 9.41. The van der Waals surface area contributed by atoms with E-state index in [0.717, 1.165) is 128 Å². The molecule has 4 aliphatic rings. The van der Waals surface area contributed by atoms with Crippen LogP contribution >= 0.6 is 0 Å². The van der Waals surface area contributed by atoms with E-state index in [-0.39, 0.29) is 11.8 Å². The fourth-order valence-corrected chi connectivity index (χ4v) is 9.41. The quantitative estimate of drug-likeness (QED) is 0.108. The minimum atomic E-state index is 0.245. The lowest BCUT2D eigenvalue weighted by molar-refractivity contribution is -0.123. The zero-order chi connectivity index (χ0) is 32.7. The van der Waals surface area contributed by atoms with Gasteiger partial charge in [0.05, 0.1) is 0 Å². The van der Waals surface area contributed by atoms with E-state index >= 15 is 0 Å². The van der Waals surface area contributed by atoms with Gasteiger partial charge >= 0.3 is 0 Å². The van der Waals surface area contributed by atoms with E-state index in [0.29, 0.717) is 72.8 Å². The normalized spacial score (nSPS) is 33.6. The molecule has 0 unspecified atom stereocenters. The summed E-state index contributed by atoms with van der Waals surface area (Å²) in [5.74, 6) is 2.78. The van der Waals surface area contributed by atoms with Crippen LogP contribution < -0.4 is 33.6 Å². The van der Waals surface area contributed by atoms with E-state index in [9.17, 15) is 9.59 Å². The zero-order valence-electron chi connectivity index (χ0n) is 29.3. The second-order valence-electron chi connectivity index (χ2n) is 16.2. The Morgan fingerprint density at radius 2 is 0.609 bits per heavy atom. The maximum atomic E-state index is 13.0. The number of nitrogens with one attached hydrogen (secondary N) is 2. The van der Waals surface area contributed by atoms with Crippen LogP contribution in [-0.2, 0) is 9.59 Å². The molecular formula is C38H72N6O2. The summed E-state index contributed by atoms with van der Waals surface area (Å²) >= 11 is 0. The van der Waals surface area contributed by atoms with E-state index in [1.807, 2.05) is 0 Å². The molecule has 0 aromatic rings. The van der Waals surface area contributed by atoms with Gasteiger partial charge in [0.2, 0.25) is 11.8 Å². The highest BCUT2D eigenvalue weighted by Gasteiger charge is 2.36. The van der Waals surface area contributed by atoms with Crippen LogP contribution in [0.15, 0.2) is 0 Å². The summed E-state index contributed by atoms with van der Waals surface area (Å²) in [4.78, 5) is 26.0. The predicted molar refractivity (Wildman–Crippen MR) is 190 cm³/mol. The highest BCUT2D eigenvalue weighted by molar-refractivity contribution is 5.76. The molecule has 4 fully saturated rings. The van der Waals surface area contributed by atoms with Crippen LogP contribution in [0.3, 0.4) is 0 Å². The Morgan fingerprint density at radius 1 is 0.391 bits per heavy atom. The molecule has 0 radical (unpaired) electrons. The number of unbranched alkanes of at least 4 members (excludes halogenated alkanes) is 7. The molecule has 10 N–H and O–H groups in total. The van der Waals surface area contributed by atoms with Gasteiger partial charge in [-0.3, -0.25) is 9.59 Å². The van der Waals surface area contributed by atoms with Crippen molar-refractivity contribution in [2.75, 3.05) is 0 Å². The molecule has 4 rings (SSSR count). The molecule has 0 aromatic heterocycles. The SMILES string of the molecule is NC1CCC(C(NC(=O)CCCCCCCCCCC(=O)NC(C2CCC(N)CC2)C2CCC(N)CC2)C2CCC(N)CC2)CC1. The predicted octanol–water partition coefficient (Wildman–Crippen LogP) is 5.93. The lowest BCUT2D eigenvalue weighted by atomic mass is 9.72. The van der Waals surface area contributed by atoms with E-state index in [1.54, 1.807) is 0 Å². The van der Waals surface area contributed by atoms with Crippen molar-refractivity contribution < 1.29 is 9.59 Å². The van der Waals surface area contributed by atoms with Gasteiger partial charge in [0, 0.05) is 49.1 Å². The average molecular weight is 645 g/mol. The Labute approximate surface area is 281 Å². The van der Waals surface area contributed by atoms with Crippen LogP contribution in [0.1, 0.15) is 167 Å². The maximum absolute atomic E-state index is 13.0. The van der Waals surface area contributed by atoms with Gasteiger partial charge in [0.15, 0.2) is 0 Å². The second-order valence-corrected chi connectivity index (χ2v) is 16.2. The van der Waals surface area contributed by atoms with Crippen molar-refractivity contribution >= 4 is 11.8 Å². The van der Waals surface area contributed by atoms with Crippen molar-refractivity contribution in [1.29, 1.82) is 0 Å². The Balaban J connectivity index is 1.04. The van der Waals surface area contributed by atoms with E-state index < -0.39 is 0 Å². The number of carbonyl (C=O) groups excluding carboxylic acids is 2. The summed E-state index contributed by atoms with van der Waals surface area (Å²) in [6.45, 7) is 0. The molecule has 4 saturated carbocycles. The van der Waals surface area contributed by atoms with E-state index in [2.05, 4.69) is 10.6 Å². The average Bonchev–Trinajstić information content (AvgIpc) is 3.05. The first-order valence-electron chi connectivity index (χ1n) is 19.9. The number of carbonyl (C=O) groups is 2. The third-order valence-corrected chi connectivity index (χ3v) is 12.5. The van der Waals surface area contributed by atoms with Gasteiger partial charge in [0.25, 0.3) is 0 Å². The molecule has 0 bridgehead atoms. The van der Waals surface area contributed by atoms with Crippen molar-refractivity contribution in [3.8, 4) is 0 Å². The number of rotatable bonds is 17. The van der Waals surface area contributed by atoms with Crippen LogP contribution in [-0.4, -0.2) is 48.1 Å². The van der Waals surface area contributed by atoms with Gasteiger partial charge in [-0.1, -0.05) is 38.5 Å². The van der Waals surface area contributed by atoms with Crippen LogP contribution in [0, 0.1) is 23.7 Å². The molecule has 0 aromatic carbocycles. The minimum absolute atomic E-state index is 0.245. The Kier molecular flexibility index (Phi) is 16.6. The Bertz CT molecular complexity index is 741. The van der Waals surface area contributed by atoms with Crippen molar-refractivity contribution in [3.63, 3.8) is 0 Å². The molecule has 8 nitrogen and oxygen atoms in total. The highest BCUT2D eigenvalue weighted by Crippen LogP contribution is 2.37. The third-order valence-electron chi connectivity index (χ3n) is 12.5. The lowest BCUT2D eigenvalue weighted by Crippen LogP contribution is -2.49. The molecule has 0 atom stereocenters. The first kappa shape index (κ1) is 37.6. The molecule has 0 saturated heterocycles. The van der Waals surface area contributed by atoms with Gasteiger partial charge in [-0.25, -0.2) is 0 Å². The smallest absolute Gasteiger partial charge is 0.220 e. The van der Waals surface area contributed by atoms with E-state index in [1.165, 1.54) is 25.7 Å². The van der Waals surface area contributed by atoms with Crippen molar-refractivity contribution in [2.45, 2.75) is 203 Å². The van der Waals surface area contributed by atoms with Gasteiger partial charge in [-0.05, 0) is 139 Å². The summed E-state index contributed by atoms with van der Waals surface area (Å²) in [6, 6.07) is 1.95. The number of nitrogens with two attached hydrogens (primary N) is 4. The zero-order valence-corrected chi connectivity index (χ0v) is 29.3. The summed E-state index contributed by atoms with van der Waals surface area (Å²) in [5, 5.41) is 7.02. The summed E-state index contributed by atoms with van der Waals surface area (Å²) in [7, 11) is 0. The van der Waals surface area contributed by atoms with Gasteiger partial charge < -0.3 is 33.6 Å². The Hall–Kier alpha value is -1.22. The first-order valence-corrected chi connectivity index (χ1v) is 19.9. The van der Waals surface area contributed by atoms with E-state index in [4.69, 9.17) is 22.9 Å². The minimum Gasteiger partial charge on any atom is -0.353 e. The third kappa shape index (κ3) is 13.0. The van der Waals surface area contributed by atoms with Crippen molar-refractivity contribution in [2.24, 2.45) is 46.6 Å². The molecule has 0 heterocycles. The molecule has 0 aliphatic heterocycles. The lowest BCUT2D eigenvalue weighted by Gasteiger charge is -2.40. The fraction of sp³-hybridized carbons (Fsp3) is 0.947. The molecule has 0 spiro atoms. The topological polar surface area (TPSA) is 162 Å². The standard InChI is InChI=1S/C38H72N6O2/c39-31-19-11-27(12-20-31)37(28-13-21-32(40)22-14-28)43-35(45)9-7-5-3-1-2-4-6-8-10-36(46)44-38(29-15-23-33(41)24-16-29)30-17-25-34(42)26-18-30/h27-34,37-38H,1-26,39-42H2,(H,43,45)(H,44,46). The Morgan fingerprint density at radius 3 is 0.848 bits per heavy atom. The molecule has 266 valence electrons. The van der Waals surface area contributed by atoms with Crippen molar-refractivity contribution in [3.05, 3.63) is 0 Å². The van der Waals surface area contributed by atoms with Gasteiger partial charge in [-0.2, -0.15) is 0 Å². The maximum Gasteiger partial charge on any atom is 0.220 e. The van der Waals surface area contributed by atoms with Gasteiger partial charge in [-0.15, -0.1) is 0 Å². The molecule has 2 amide bonds. The van der Waals surface area contributed by atoms with Crippen LogP contribution in [0.25, 0.3) is 0 Å². The summed E-state index contributed by atoms with van der Waals surface area (Å²) in [6.07, 6.45) is 28.2. The summed E-state index contributed by atoms with van der Waals surface area (Å²) in [5.41, 5.74) is 24.8. The molecule has 4 aliphatic carbocycles. The summed E-state index contributed by atoms with van der Waals surface area (Å²) < 4.78 is 0. The second kappa shape index (κ2) is 20.3. The molecule has 46 heavy (non-hydrogen) atoms.